The van der Waals surface area contributed by atoms with Crippen LogP contribution in [0.15, 0.2) is 11.6 Å². The van der Waals surface area contributed by atoms with Crippen molar-refractivity contribution in [2.75, 3.05) is 19.6 Å². The Morgan fingerprint density at radius 3 is 2.78 bits per heavy atom. The van der Waals surface area contributed by atoms with Crippen molar-refractivity contribution >= 4 is 5.91 Å². The average Bonchev–Trinajstić information content (AvgIpc) is 2.46. The minimum atomic E-state index is 0.273. The Bertz CT molecular complexity index is 304. The zero-order chi connectivity index (χ0) is 12.8. The summed E-state index contributed by atoms with van der Waals surface area (Å²) in [5.41, 5.74) is 1.38. The molecule has 1 amide bonds. The third-order valence-corrected chi connectivity index (χ3v) is 4.44. The van der Waals surface area contributed by atoms with Crippen LogP contribution < -0.4 is 10.6 Å². The number of nitrogens with one attached hydrogen (secondary N) is 2. The minimum Gasteiger partial charge on any atom is -0.352 e. The van der Waals surface area contributed by atoms with E-state index in [-0.39, 0.29) is 11.8 Å². The van der Waals surface area contributed by atoms with Crippen LogP contribution in [-0.2, 0) is 4.79 Å². The van der Waals surface area contributed by atoms with E-state index < -0.39 is 0 Å². The Kier molecular flexibility index (Phi) is 5.24. The van der Waals surface area contributed by atoms with Gasteiger partial charge in [0, 0.05) is 19.0 Å². The van der Waals surface area contributed by atoms with Crippen LogP contribution in [0.5, 0.6) is 0 Å². The number of rotatable bonds is 4. The van der Waals surface area contributed by atoms with Gasteiger partial charge in [0.15, 0.2) is 0 Å². The van der Waals surface area contributed by atoms with Gasteiger partial charge in [0.1, 0.15) is 0 Å². The summed E-state index contributed by atoms with van der Waals surface area (Å²) in [4.78, 5) is 12.1. The highest BCUT2D eigenvalue weighted by atomic mass is 16.1. The molecule has 1 aliphatic heterocycles. The van der Waals surface area contributed by atoms with Gasteiger partial charge in [0.25, 0.3) is 0 Å². The molecule has 1 heterocycles. The van der Waals surface area contributed by atoms with Crippen molar-refractivity contribution in [1.82, 2.24) is 10.6 Å². The quantitative estimate of drug-likeness (QED) is 0.751. The fourth-order valence-corrected chi connectivity index (χ4v) is 3.01. The van der Waals surface area contributed by atoms with Crippen molar-refractivity contribution < 1.29 is 4.79 Å². The van der Waals surface area contributed by atoms with Gasteiger partial charge in [-0.1, -0.05) is 25.0 Å². The summed E-state index contributed by atoms with van der Waals surface area (Å²) in [6.07, 6.45) is 9.20. The van der Waals surface area contributed by atoms with Crippen LogP contribution in [0.1, 0.15) is 45.4 Å². The second-order valence-corrected chi connectivity index (χ2v) is 5.66. The maximum atomic E-state index is 12.1. The van der Waals surface area contributed by atoms with Gasteiger partial charge in [-0.15, -0.1) is 0 Å². The van der Waals surface area contributed by atoms with Crippen molar-refractivity contribution in [3.63, 3.8) is 0 Å². The monoisotopic (exact) mass is 250 g/mol. The Hall–Kier alpha value is -0.830. The van der Waals surface area contributed by atoms with Crippen molar-refractivity contribution in [2.24, 2.45) is 11.8 Å². The Balaban J connectivity index is 1.70. The third kappa shape index (κ3) is 3.84. The molecular formula is C15H26N2O. The molecule has 2 N–H and O–H groups in total. The molecule has 2 rings (SSSR count). The summed E-state index contributed by atoms with van der Waals surface area (Å²) in [6, 6.07) is 0. The van der Waals surface area contributed by atoms with Crippen LogP contribution in [0, 0.1) is 11.8 Å². The lowest BCUT2D eigenvalue weighted by molar-refractivity contribution is -0.126. The first kappa shape index (κ1) is 13.6. The second kappa shape index (κ2) is 6.93. The number of hydrogen-bond acceptors (Lipinski definition) is 2. The molecule has 0 aromatic heterocycles. The van der Waals surface area contributed by atoms with E-state index in [1.54, 1.807) is 0 Å². The van der Waals surface area contributed by atoms with Crippen LogP contribution in [0.3, 0.4) is 0 Å². The van der Waals surface area contributed by atoms with E-state index in [1.807, 2.05) is 0 Å². The molecule has 0 spiro atoms. The molecule has 0 radical (unpaired) electrons. The molecule has 0 saturated heterocycles. The summed E-state index contributed by atoms with van der Waals surface area (Å²) < 4.78 is 0. The zero-order valence-corrected chi connectivity index (χ0v) is 11.5. The van der Waals surface area contributed by atoms with Gasteiger partial charge >= 0.3 is 0 Å². The van der Waals surface area contributed by atoms with Crippen molar-refractivity contribution in [1.29, 1.82) is 0 Å². The lowest BCUT2D eigenvalue weighted by Gasteiger charge is -2.27. The molecule has 0 unspecified atom stereocenters. The second-order valence-electron chi connectivity index (χ2n) is 5.66. The van der Waals surface area contributed by atoms with E-state index in [2.05, 4.69) is 23.6 Å². The topological polar surface area (TPSA) is 41.1 Å². The van der Waals surface area contributed by atoms with E-state index in [0.29, 0.717) is 0 Å². The van der Waals surface area contributed by atoms with Crippen LogP contribution in [0.4, 0.5) is 0 Å². The number of carbonyl (C=O) groups is 1. The maximum absolute atomic E-state index is 12.1. The van der Waals surface area contributed by atoms with Crippen molar-refractivity contribution in [3.8, 4) is 0 Å². The van der Waals surface area contributed by atoms with Crippen molar-refractivity contribution in [3.05, 3.63) is 11.6 Å². The zero-order valence-electron chi connectivity index (χ0n) is 11.5. The van der Waals surface area contributed by atoms with Crippen LogP contribution in [0.25, 0.3) is 0 Å². The normalized spacial score (nSPS) is 28.6. The Morgan fingerprint density at radius 1 is 1.39 bits per heavy atom. The first-order valence-corrected chi connectivity index (χ1v) is 7.46. The summed E-state index contributed by atoms with van der Waals surface area (Å²) in [5, 5.41) is 6.41. The van der Waals surface area contributed by atoms with Gasteiger partial charge in [0.2, 0.25) is 5.91 Å². The maximum Gasteiger partial charge on any atom is 0.223 e. The van der Waals surface area contributed by atoms with Gasteiger partial charge in [0.05, 0.1) is 0 Å². The molecular weight excluding hydrogens is 224 g/mol. The fraction of sp³-hybridized carbons (Fsp3) is 0.800. The molecule has 0 atom stereocenters. The van der Waals surface area contributed by atoms with E-state index in [1.165, 1.54) is 24.8 Å². The predicted octanol–water partition coefficient (Wildman–Crippen LogP) is 2.24. The highest BCUT2D eigenvalue weighted by molar-refractivity contribution is 5.78. The van der Waals surface area contributed by atoms with Crippen LogP contribution in [-0.4, -0.2) is 25.5 Å². The first-order valence-electron chi connectivity index (χ1n) is 7.46. The molecule has 102 valence electrons. The third-order valence-electron chi connectivity index (χ3n) is 4.44. The van der Waals surface area contributed by atoms with Gasteiger partial charge < -0.3 is 10.6 Å². The molecule has 3 nitrogen and oxygen atoms in total. The summed E-state index contributed by atoms with van der Waals surface area (Å²) >= 11 is 0. The summed E-state index contributed by atoms with van der Waals surface area (Å²) in [7, 11) is 0. The van der Waals surface area contributed by atoms with Gasteiger partial charge in [-0.05, 0) is 44.6 Å². The molecule has 2 aliphatic rings. The first-order chi connectivity index (χ1) is 8.79. The molecule has 3 heteroatoms. The van der Waals surface area contributed by atoms with E-state index in [9.17, 15) is 4.79 Å². The Labute approximate surface area is 110 Å². The smallest absolute Gasteiger partial charge is 0.223 e. The van der Waals surface area contributed by atoms with E-state index in [4.69, 9.17) is 0 Å². The fourth-order valence-electron chi connectivity index (χ4n) is 3.01. The standard InChI is InChI=1S/C15H26N2O/c1-2-12-3-5-14(6-4-12)15(18)17-11-13-7-9-16-10-8-13/h7,12,14,16H,2-6,8-11H2,1H3,(H,17,18). The highest BCUT2D eigenvalue weighted by Gasteiger charge is 2.25. The van der Waals surface area contributed by atoms with E-state index >= 15 is 0 Å². The number of amides is 1. The molecule has 0 aromatic rings. The summed E-state index contributed by atoms with van der Waals surface area (Å²) in [6.45, 7) is 5.01. The molecule has 1 aliphatic carbocycles. The molecule has 1 fully saturated rings. The summed E-state index contributed by atoms with van der Waals surface area (Å²) in [5.74, 6) is 1.42. The highest BCUT2D eigenvalue weighted by Crippen LogP contribution is 2.30. The largest absolute Gasteiger partial charge is 0.352 e. The van der Waals surface area contributed by atoms with Crippen LogP contribution in [0.2, 0.25) is 0 Å². The molecule has 0 aromatic carbocycles. The number of carbonyl (C=O) groups excluding carboxylic acids is 1. The van der Waals surface area contributed by atoms with Crippen LogP contribution >= 0.6 is 0 Å². The average molecular weight is 250 g/mol. The Morgan fingerprint density at radius 2 is 2.17 bits per heavy atom. The molecule has 0 bridgehead atoms. The van der Waals surface area contributed by atoms with Gasteiger partial charge in [-0.3, -0.25) is 4.79 Å². The molecule has 1 saturated carbocycles. The van der Waals surface area contributed by atoms with Crippen molar-refractivity contribution in [2.45, 2.75) is 45.4 Å². The predicted molar refractivity (Wildman–Crippen MR) is 74.3 cm³/mol. The SMILES string of the molecule is CCC1CCC(C(=O)NCC2=CCNCC2)CC1. The van der Waals surface area contributed by atoms with Gasteiger partial charge in [-0.25, -0.2) is 0 Å². The molecule has 18 heavy (non-hydrogen) atoms. The van der Waals surface area contributed by atoms with Gasteiger partial charge in [-0.2, -0.15) is 0 Å². The van der Waals surface area contributed by atoms with E-state index in [0.717, 1.165) is 44.8 Å². The lowest BCUT2D eigenvalue weighted by atomic mass is 9.80. The minimum absolute atomic E-state index is 0.273. The number of hydrogen-bond donors (Lipinski definition) is 2. The lowest BCUT2D eigenvalue weighted by Crippen LogP contribution is -2.35.